The monoisotopic (exact) mass is 191 g/mol. The molecule has 3 nitrogen and oxygen atoms in total. The van der Waals surface area contributed by atoms with Gasteiger partial charge in [-0.05, 0) is 12.8 Å². The quantitative estimate of drug-likeness (QED) is 0.578. The first-order chi connectivity index (χ1) is 6.11. The van der Waals surface area contributed by atoms with Crippen LogP contribution in [0.2, 0.25) is 0 Å². The molecule has 0 radical (unpaired) electrons. The van der Waals surface area contributed by atoms with Gasteiger partial charge in [0.25, 0.3) is 5.91 Å². The highest BCUT2D eigenvalue weighted by atomic mass is 19.3. The smallest absolute Gasteiger partial charge is 0.329 e. The number of halogens is 2. The van der Waals surface area contributed by atoms with Crippen LogP contribution in [-0.2, 0) is 9.53 Å². The van der Waals surface area contributed by atoms with E-state index in [4.69, 9.17) is 4.74 Å². The van der Waals surface area contributed by atoms with E-state index in [1.165, 1.54) is 0 Å². The summed E-state index contributed by atoms with van der Waals surface area (Å²) in [4.78, 5) is 12.0. The van der Waals surface area contributed by atoms with Crippen LogP contribution in [0.3, 0.4) is 0 Å². The van der Waals surface area contributed by atoms with Crippen LogP contribution >= 0.6 is 0 Å². The van der Waals surface area contributed by atoms with E-state index in [2.05, 4.69) is 0 Å². The molecule has 2 saturated heterocycles. The lowest BCUT2D eigenvalue weighted by molar-refractivity contribution is -0.222. The second-order valence-electron chi connectivity index (χ2n) is 3.41. The van der Waals surface area contributed by atoms with Gasteiger partial charge in [-0.25, -0.2) is 0 Å². The highest BCUT2D eigenvalue weighted by Crippen LogP contribution is 2.35. The molecule has 74 valence electrons. The van der Waals surface area contributed by atoms with Crippen LogP contribution in [0, 0.1) is 0 Å². The van der Waals surface area contributed by atoms with Gasteiger partial charge in [0.05, 0.1) is 0 Å². The number of likely N-dealkylation sites (tertiary alicyclic amines) is 1. The minimum atomic E-state index is -2.93. The van der Waals surface area contributed by atoms with Crippen LogP contribution in [0.1, 0.15) is 19.3 Å². The maximum absolute atomic E-state index is 12.8. The first-order valence-corrected chi connectivity index (χ1v) is 4.42. The number of carbonyl (C=O) groups excluding carboxylic acids is 1. The number of alkyl halides is 2. The summed E-state index contributed by atoms with van der Waals surface area (Å²) in [6.07, 6.45) is 0.526. The summed E-state index contributed by atoms with van der Waals surface area (Å²) in [6, 6.07) is -2.93. The molecule has 0 aromatic rings. The normalized spacial score (nSPS) is 31.5. The van der Waals surface area contributed by atoms with Crippen LogP contribution in [-0.4, -0.2) is 36.1 Å². The number of carbonyl (C=O) groups is 1. The van der Waals surface area contributed by atoms with Crippen molar-refractivity contribution < 1.29 is 18.3 Å². The Labute approximate surface area is 74.6 Å². The maximum atomic E-state index is 12.8. The molecule has 0 N–H and O–H groups in total. The van der Waals surface area contributed by atoms with E-state index in [1.54, 1.807) is 0 Å². The fraction of sp³-hybridized carbons (Fsp3) is 0.875. The van der Waals surface area contributed by atoms with Gasteiger partial charge in [-0.1, -0.05) is 0 Å². The number of amides is 1. The summed E-state index contributed by atoms with van der Waals surface area (Å²) in [7, 11) is 0. The molecule has 2 aliphatic heterocycles. The molecular weight excluding hydrogens is 180 g/mol. The highest BCUT2D eigenvalue weighted by molar-refractivity contribution is 5.82. The number of nitrogens with zero attached hydrogens (tertiary/aromatic N) is 1. The predicted octanol–water partition coefficient (Wildman–Crippen LogP) is 0.991. The van der Waals surface area contributed by atoms with Gasteiger partial charge in [0.1, 0.15) is 6.10 Å². The van der Waals surface area contributed by atoms with E-state index in [9.17, 15) is 13.6 Å². The molecule has 2 fully saturated rings. The lowest BCUT2D eigenvalue weighted by Gasteiger charge is -2.41. The van der Waals surface area contributed by atoms with Crippen molar-refractivity contribution in [2.24, 2.45) is 0 Å². The van der Waals surface area contributed by atoms with Crippen LogP contribution in [0.25, 0.3) is 0 Å². The van der Waals surface area contributed by atoms with E-state index in [0.29, 0.717) is 17.9 Å². The fourth-order valence-corrected chi connectivity index (χ4v) is 1.61. The van der Waals surface area contributed by atoms with Gasteiger partial charge >= 0.3 is 6.05 Å². The molecule has 0 aromatic carbocycles. The molecule has 5 heteroatoms. The van der Waals surface area contributed by atoms with Gasteiger partial charge in [-0.15, -0.1) is 0 Å². The molecule has 1 atom stereocenters. The average Bonchev–Trinajstić information content (AvgIpc) is 2.54. The molecule has 0 bridgehead atoms. The van der Waals surface area contributed by atoms with Crippen molar-refractivity contribution in [2.45, 2.75) is 31.4 Å². The summed E-state index contributed by atoms with van der Waals surface area (Å²) in [6.45, 7) is 0.668. The van der Waals surface area contributed by atoms with Gasteiger partial charge in [0, 0.05) is 19.6 Å². The first kappa shape index (κ1) is 8.87. The second kappa shape index (κ2) is 2.90. The predicted molar refractivity (Wildman–Crippen MR) is 40.3 cm³/mol. The maximum Gasteiger partial charge on any atom is 0.329 e. The summed E-state index contributed by atoms with van der Waals surface area (Å²) < 4.78 is 30.6. The molecular formula is C8H11F2NO2. The van der Waals surface area contributed by atoms with E-state index in [-0.39, 0.29) is 13.0 Å². The third kappa shape index (κ3) is 1.41. The van der Waals surface area contributed by atoms with Crippen molar-refractivity contribution in [1.82, 2.24) is 4.90 Å². The summed E-state index contributed by atoms with van der Waals surface area (Å²) in [5, 5.41) is 0. The Kier molecular flexibility index (Phi) is 1.98. The van der Waals surface area contributed by atoms with Crippen LogP contribution in [0.15, 0.2) is 0 Å². The van der Waals surface area contributed by atoms with Crippen molar-refractivity contribution in [3.63, 3.8) is 0 Å². The summed E-state index contributed by atoms with van der Waals surface area (Å²) in [5.74, 6) is -0.547. The van der Waals surface area contributed by atoms with Gasteiger partial charge in [0.2, 0.25) is 0 Å². The number of rotatable bonds is 1. The third-order valence-electron chi connectivity index (χ3n) is 2.50. The van der Waals surface area contributed by atoms with Gasteiger partial charge < -0.3 is 4.74 Å². The topological polar surface area (TPSA) is 29.5 Å². The van der Waals surface area contributed by atoms with Gasteiger partial charge in [0.15, 0.2) is 0 Å². The minimum absolute atomic E-state index is 0.158. The molecule has 13 heavy (non-hydrogen) atoms. The van der Waals surface area contributed by atoms with Crippen molar-refractivity contribution in [3.8, 4) is 0 Å². The SMILES string of the molecule is O=C(C1CCCO1)N1CCC1(F)F. The third-order valence-corrected chi connectivity index (χ3v) is 2.50. The number of hydrogen-bond acceptors (Lipinski definition) is 2. The van der Waals surface area contributed by atoms with Crippen LogP contribution in [0.5, 0.6) is 0 Å². The molecule has 2 heterocycles. The molecule has 2 aliphatic rings. The Balaban J connectivity index is 1.97. The average molecular weight is 191 g/mol. The van der Waals surface area contributed by atoms with Gasteiger partial charge in [-0.2, -0.15) is 8.78 Å². The van der Waals surface area contributed by atoms with E-state index >= 15 is 0 Å². The Bertz CT molecular complexity index is 226. The largest absolute Gasteiger partial charge is 0.368 e. The Hall–Kier alpha value is -0.710. The Morgan fingerprint density at radius 2 is 2.31 bits per heavy atom. The van der Waals surface area contributed by atoms with E-state index in [1.807, 2.05) is 0 Å². The van der Waals surface area contributed by atoms with Crippen molar-refractivity contribution >= 4 is 5.91 Å². The first-order valence-electron chi connectivity index (χ1n) is 4.42. The molecule has 1 amide bonds. The van der Waals surface area contributed by atoms with Crippen molar-refractivity contribution in [2.75, 3.05) is 13.2 Å². The zero-order chi connectivity index (χ0) is 9.47. The molecule has 1 unspecified atom stereocenters. The van der Waals surface area contributed by atoms with Crippen molar-refractivity contribution in [3.05, 3.63) is 0 Å². The molecule has 0 aliphatic carbocycles. The lowest BCUT2D eigenvalue weighted by atomic mass is 10.1. The van der Waals surface area contributed by atoms with Crippen LogP contribution in [0.4, 0.5) is 8.78 Å². The zero-order valence-electron chi connectivity index (χ0n) is 7.13. The van der Waals surface area contributed by atoms with E-state index in [0.717, 1.165) is 6.42 Å². The summed E-state index contributed by atoms with van der Waals surface area (Å²) >= 11 is 0. The Morgan fingerprint density at radius 3 is 2.69 bits per heavy atom. The molecule has 0 saturated carbocycles. The number of hydrogen-bond donors (Lipinski definition) is 0. The number of ether oxygens (including phenoxy) is 1. The zero-order valence-corrected chi connectivity index (χ0v) is 7.13. The minimum Gasteiger partial charge on any atom is -0.368 e. The second-order valence-corrected chi connectivity index (χ2v) is 3.41. The van der Waals surface area contributed by atoms with Gasteiger partial charge in [-0.3, -0.25) is 9.69 Å². The molecule has 2 rings (SSSR count). The summed E-state index contributed by atoms with van der Waals surface area (Å²) in [5.41, 5.74) is 0. The highest BCUT2D eigenvalue weighted by Gasteiger charge is 2.50. The Morgan fingerprint density at radius 1 is 1.54 bits per heavy atom. The van der Waals surface area contributed by atoms with E-state index < -0.39 is 18.1 Å². The molecule has 0 spiro atoms. The lowest BCUT2D eigenvalue weighted by Crippen LogP contribution is -2.59. The molecule has 0 aromatic heterocycles. The standard InChI is InChI=1S/C8H11F2NO2/c9-8(10)3-4-11(8)7(12)6-2-1-5-13-6/h6H,1-5H2. The van der Waals surface area contributed by atoms with Crippen LogP contribution < -0.4 is 0 Å². The fourth-order valence-electron chi connectivity index (χ4n) is 1.61. The van der Waals surface area contributed by atoms with Crippen molar-refractivity contribution in [1.29, 1.82) is 0 Å².